The van der Waals surface area contributed by atoms with E-state index in [2.05, 4.69) is 36.1 Å². The maximum absolute atomic E-state index is 12.1. The summed E-state index contributed by atoms with van der Waals surface area (Å²) < 4.78 is 0. The zero-order chi connectivity index (χ0) is 25.8. The number of hydrogen-bond donors (Lipinski definition) is 3. The molecule has 4 rings (SSSR count). The fourth-order valence-electron chi connectivity index (χ4n) is 4.45. The molecule has 1 unspecified atom stereocenters. The molecule has 0 amide bonds. The van der Waals surface area contributed by atoms with Crippen LogP contribution in [0.4, 0.5) is 0 Å². The number of aliphatic carboxylic acids is 1. The third kappa shape index (κ3) is 5.80. The average Bonchev–Trinajstić information content (AvgIpc) is 3.17. The number of aromatic amines is 1. The number of aromatic nitrogens is 1. The van der Waals surface area contributed by atoms with E-state index in [1.165, 1.54) is 6.92 Å². The molecule has 1 atom stereocenters. The van der Waals surface area contributed by atoms with E-state index in [4.69, 9.17) is 10.1 Å². The summed E-state index contributed by atoms with van der Waals surface area (Å²) in [6.07, 6.45) is 7.62. The first-order valence-corrected chi connectivity index (χ1v) is 12.0. The number of carboxylic acid groups (broad SMARTS) is 1. The number of nitrogens with one attached hydrogen (secondary N) is 1. The summed E-state index contributed by atoms with van der Waals surface area (Å²) in [5.74, 6) is -0.509. The van der Waals surface area contributed by atoms with Crippen LogP contribution >= 0.6 is 0 Å². The number of carboxylic acids is 1. The summed E-state index contributed by atoms with van der Waals surface area (Å²) in [5.41, 5.74) is 4.84. The number of Topliss-reactive ketones (excluding diaryl/α,β-unsaturated/α-hetero) is 1. The lowest BCUT2D eigenvalue weighted by Crippen LogP contribution is -2.21. The van der Waals surface area contributed by atoms with E-state index in [9.17, 15) is 14.7 Å². The Bertz CT molecular complexity index is 1380. The van der Waals surface area contributed by atoms with Crippen LogP contribution in [-0.4, -0.2) is 58.2 Å². The quantitative estimate of drug-likeness (QED) is 0.294. The van der Waals surface area contributed by atoms with Crippen molar-refractivity contribution in [2.24, 2.45) is 10.9 Å². The molecule has 0 saturated carbocycles. The molecular weight excluding hydrogens is 454 g/mol. The minimum Gasteiger partial charge on any atom is -0.494 e. The summed E-state index contributed by atoms with van der Waals surface area (Å²) >= 11 is 0. The van der Waals surface area contributed by atoms with E-state index in [1.54, 1.807) is 18.2 Å². The number of carbonyl (C=O) groups excluding carboxylic acids is 1. The number of benzene rings is 2. The lowest BCUT2D eigenvalue weighted by atomic mass is 9.96. The van der Waals surface area contributed by atoms with E-state index in [0.717, 1.165) is 29.8 Å². The van der Waals surface area contributed by atoms with Crippen molar-refractivity contribution in [3.63, 3.8) is 0 Å². The van der Waals surface area contributed by atoms with Gasteiger partial charge in [-0.1, -0.05) is 36.4 Å². The summed E-state index contributed by atoms with van der Waals surface area (Å²) in [5, 5.41) is 20.6. The van der Waals surface area contributed by atoms with Gasteiger partial charge in [-0.15, -0.1) is 0 Å². The Kier molecular flexibility index (Phi) is 7.50. The topological polar surface area (TPSA) is 106 Å². The Labute approximate surface area is 210 Å². The molecule has 7 heteroatoms. The molecule has 3 aromatic rings. The lowest BCUT2D eigenvalue weighted by molar-refractivity contribution is -0.136. The normalized spacial score (nSPS) is 15.9. The summed E-state index contributed by atoms with van der Waals surface area (Å²) in [6, 6.07) is 12.9. The van der Waals surface area contributed by atoms with Crippen molar-refractivity contribution in [1.82, 2.24) is 9.88 Å². The molecule has 1 heterocycles. The Morgan fingerprint density at radius 1 is 1.11 bits per heavy atom. The second kappa shape index (κ2) is 10.7. The number of rotatable bonds is 9. The van der Waals surface area contributed by atoms with Crippen molar-refractivity contribution < 1.29 is 19.8 Å². The molecule has 0 saturated heterocycles. The Morgan fingerprint density at radius 3 is 2.44 bits per heavy atom. The molecule has 186 valence electrons. The number of aromatic hydroxyl groups is 1. The second-order valence-electron chi connectivity index (χ2n) is 9.46. The van der Waals surface area contributed by atoms with Crippen molar-refractivity contribution in [2.75, 3.05) is 20.6 Å². The predicted molar refractivity (Wildman–Crippen MR) is 142 cm³/mol. The number of aliphatic imine (C=N–C) groups is 1. The van der Waals surface area contributed by atoms with Crippen LogP contribution in [0.15, 0.2) is 71.4 Å². The van der Waals surface area contributed by atoms with Crippen LogP contribution in [-0.2, 0) is 11.2 Å². The lowest BCUT2D eigenvalue weighted by Gasteiger charge is -2.19. The summed E-state index contributed by atoms with van der Waals surface area (Å²) in [7, 11) is 4.11. The van der Waals surface area contributed by atoms with Gasteiger partial charge in [0.25, 0.3) is 0 Å². The number of aryl methyl sites for hydroxylation is 1. The Hall–Kier alpha value is -3.97. The number of carbonyl (C=O) groups is 2. The fourth-order valence-corrected chi connectivity index (χ4v) is 4.45. The molecule has 2 aromatic carbocycles. The maximum atomic E-state index is 12.1. The molecule has 0 aliphatic heterocycles. The number of fused-ring (bicyclic) bond motifs is 1. The van der Waals surface area contributed by atoms with Gasteiger partial charge in [0, 0.05) is 35.0 Å². The molecule has 3 N–H and O–H groups in total. The van der Waals surface area contributed by atoms with Gasteiger partial charge in [0.1, 0.15) is 0 Å². The molecule has 36 heavy (non-hydrogen) atoms. The van der Waals surface area contributed by atoms with Gasteiger partial charge in [0.2, 0.25) is 0 Å². The first kappa shape index (κ1) is 25.1. The standard InChI is InChI=1S/C29H31N3O4/c1-18(33)22-11-14-25-24(16-22)27(29(36)31-25)28(21-9-4-19(5-10-21)8-15-26(34)35)30-23-12-6-20(7-13-23)17-32(2)3/h4-6,9-14,16,20,31,36H,7-8,15,17H2,1-3H3,(H,34,35). The first-order valence-electron chi connectivity index (χ1n) is 12.0. The second-order valence-corrected chi connectivity index (χ2v) is 9.46. The van der Waals surface area contributed by atoms with E-state index in [-0.39, 0.29) is 18.1 Å². The van der Waals surface area contributed by atoms with Gasteiger partial charge in [0.05, 0.1) is 17.0 Å². The van der Waals surface area contributed by atoms with Crippen molar-refractivity contribution in [3.8, 4) is 5.88 Å². The number of H-pyrrole nitrogens is 1. The van der Waals surface area contributed by atoms with Gasteiger partial charge in [-0.25, -0.2) is 4.99 Å². The molecule has 0 spiro atoms. The number of nitrogens with zero attached hydrogens (tertiary/aromatic N) is 2. The van der Waals surface area contributed by atoms with E-state index >= 15 is 0 Å². The molecule has 1 aromatic heterocycles. The maximum Gasteiger partial charge on any atom is 0.303 e. The molecule has 1 aliphatic carbocycles. The smallest absolute Gasteiger partial charge is 0.303 e. The van der Waals surface area contributed by atoms with E-state index in [1.807, 2.05) is 30.3 Å². The van der Waals surface area contributed by atoms with Crippen LogP contribution < -0.4 is 0 Å². The van der Waals surface area contributed by atoms with Gasteiger partial charge in [-0.05, 0) is 69.6 Å². The van der Waals surface area contributed by atoms with Gasteiger partial charge in [-0.2, -0.15) is 0 Å². The third-order valence-electron chi connectivity index (χ3n) is 6.29. The highest BCUT2D eigenvalue weighted by Gasteiger charge is 2.20. The van der Waals surface area contributed by atoms with Gasteiger partial charge in [-0.3, -0.25) is 9.59 Å². The van der Waals surface area contributed by atoms with Gasteiger partial charge < -0.3 is 20.1 Å². The molecule has 1 aliphatic rings. The van der Waals surface area contributed by atoms with Crippen LogP contribution in [0.5, 0.6) is 5.88 Å². The number of hydrogen-bond acceptors (Lipinski definition) is 5. The van der Waals surface area contributed by atoms with Crippen molar-refractivity contribution in [2.45, 2.75) is 26.2 Å². The molecular formula is C29H31N3O4. The monoisotopic (exact) mass is 485 g/mol. The SMILES string of the molecule is CC(=O)c1ccc2[nH]c(O)c(C(=NC3=CCC(CN(C)C)C=C3)c3ccc(CCC(=O)O)cc3)c2c1. The van der Waals surface area contributed by atoms with Crippen molar-refractivity contribution in [1.29, 1.82) is 0 Å². The highest BCUT2D eigenvalue weighted by Crippen LogP contribution is 2.32. The van der Waals surface area contributed by atoms with Crippen LogP contribution in [0.3, 0.4) is 0 Å². The highest BCUT2D eigenvalue weighted by molar-refractivity contribution is 6.22. The minimum absolute atomic E-state index is 0.0229. The van der Waals surface area contributed by atoms with Crippen LogP contribution in [0.25, 0.3) is 10.9 Å². The van der Waals surface area contributed by atoms with Crippen LogP contribution in [0, 0.1) is 5.92 Å². The number of allylic oxidation sites excluding steroid dienone is 2. The van der Waals surface area contributed by atoms with E-state index < -0.39 is 5.97 Å². The van der Waals surface area contributed by atoms with Crippen molar-refractivity contribution >= 4 is 28.4 Å². The van der Waals surface area contributed by atoms with E-state index in [0.29, 0.717) is 40.1 Å². The highest BCUT2D eigenvalue weighted by atomic mass is 16.4. The average molecular weight is 486 g/mol. The first-order chi connectivity index (χ1) is 17.2. The Morgan fingerprint density at radius 2 is 1.83 bits per heavy atom. The molecule has 0 radical (unpaired) electrons. The largest absolute Gasteiger partial charge is 0.494 e. The molecule has 0 bridgehead atoms. The molecule has 0 fully saturated rings. The zero-order valence-corrected chi connectivity index (χ0v) is 20.8. The predicted octanol–water partition coefficient (Wildman–Crippen LogP) is 4.95. The van der Waals surface area contributed by atoms with Gasteiger partial charge >= 0.3 is 5.97 Å². The van der Waals surface area contributed by atoms with Gasteiger partial charge in [0.15, 0.2) is 11.7 Å². The zero-order valence-electron chi connectivity index (χ0n) is 20.8. The fraction of sp³-hybridized carbons (Fsp3) is 0.276. The summed E-state index contributed by atoms with van der Waals surface area (Å²) in [4.78, 5) is 33.1. The third-order valence-corrected chi connectivity index (χ3v) is 6.29. The minimum atomic E-state index is -0.838. The van der Waals surface area contributed by atoms with Crippen LogP contribution in [0.2, 0.25) is 0 Å². The molecule has 7 nitrogen and oxygen atoms in total. The number of ketones is 1. The Balaban J connectivity index is 1.79. The van der Waals surface area contributed by atoms with Crippen LogP contribution in [0.1, 0.15) is 46.8 Å². The summed E-state index contributed by atoms with van der Waals surface area (Å²) in [6.45, 7) is 2.46. The van der Waals surface area contributed by atoms with Crippen molar-refractivity contribution in [3.05, 3.63) is 88.6 Å².